The molecule has 1 aliphatic rings. The Hall–Kier alpha value is -2.41. The molecule has 0 bridgehead atoms. The van der Waals surface area contributed by atoms with Gasteiger partial charge in [0.25, 0.3) is 5.91 Å². The maximum atomic E-state index is 12.3. The summed E-state index contributed by atoms with van der Waals surface area (Å²) < 4.78 is 23.3. The molecule has 1 aliphatic heterocycles. The fourth-order valence-corrected chi connectivity index (χ4v) is 4.55. The lowest BCUT2D eigenvalue weighted by atomic mass is 10.2. The molecule has 126 valence electrons. The van der Waals surface area contributed by atoms with Crippen molar-refractivity contribution in [2.24, 2.45) is 0 Å². The maximum Gasteiger partial charge on any atom is 0.274 e. The SMILES string of the molecule is CN(c1ccnc(C(=O)Nc2ccccc2)c1)C1CCS(=O)(=O)C1. The van der Waals surface area contributed by atoms with Crippen molar-refractivity contribution in [2.45, 2.75) is 12.5 Å². The van der Waals surface area contributed by atoms with Crippen molar-refractivity contribution in [3.63, 3.8) is 0 Å². The van der Waals surface area contributed by atoms with Crippen LogP contribution in [0.1, 0.15) is 16.9 Å². The average Bonchev–Trinajstić information content (AvgIpc) is 2.95. The number of amides is 1. The lowest BCUT2D eigenvalue weighted by Crippen LogP contribution is -2.32. The first-order chi connectivity index (χ1) is 11.4. The Labute approximate surface area is 141 Å². The van der Waals surface area contributed by atoms with Crippen molar-refractivity contribution >= 4 is 27.1 Å². The van der Waals surface area contributed by atoms with E-state index in [4.69, 9.17) is 0 Å². The number of aromatic nitrogens is 1. The van der Waals surface area contributed by atoms with Gasteiger partial charge in [-0.15, -0.1) is 0 Å². The van der Waals surface area contributed by atoms with Gasteiger partial charge in [-0.3, -0.25) is 9.78 Å². The van der Waals surface area contributed by atoms with Crippen molar-refractivity contribution in [2.75, 3.05) is 28.8 Å². The second-order valence-corrected chi connectivity index (χ2v) is 8.12. The van der Waals surface area contributed by atoms with Crippen molar-refractivity contribution in [3.05, 3.63) is 54.4 Å². The zero-order chi connectivity index (χ0) is 17.2. The molecule has 2 heterocycles. The fraction of sp³-hybridized carbons (Fsp3) is 0.294. The van der Waals surface area contributed by atoms with Crippen LogP contribution in [0, 0.1) is 0 Å². The number of anilines is 2. The van der Waals surface area contributed by atoms with Crippen molar-refractivity contribution in [1.29, 1.82) is 0 Å². The average molecular weight is 345 g/mol. The molecule has 2 aromatic rings. The molecule has 1 aromatic heterocycles. The van der Waals surface area contributed by atoms with Gasteiger partial charge in [-0.1, -0.05) is 18.2 Å². The lowest BCUT2D eigenvalue weighted by molar-refractivity contribution is 0.102. The van der Waals surface area contributed by atoms with E-state index in [1.165, 1.54) is 0 Å². The van der Waals surface area contributed by atoms with E-state index in [9.17, 15) is 13.2 Å². The van der Waals surface area contributed by atoms with Crippen LogP contribution in [-0.4, -0.2) is 43.9 Å². The topological polar surface area (TPSA) is 79.4 Å². The van der Waals surface area contributed by atoms with Crippen molar-refractivity contribution in [3.8, 4) is 0 Å². The second kappa shape index (κ2) is 6.60. The molecular formula is C17H19N3O3S. The molecule has 0 saturated carbocycles. The number of pyridine rings is 1. The number of rotatable bonds is 4. The molecule has 3 rings (SSSR count). The zero-order valence-corrected chi connectivity index (χ0v) is 14.2. The van der Waals surface area contributed by atoms with Crippen LogP contribution in [0.3, 0.4) is 0 Å². The second-order valence-electron chi connectivity index (χ2n) is 5.89. The summed E-state index contributed by atoms with van der Waals surface area (Å²) in [5, 5.41) is 2.79. The predicted molar refractivity (Wildman–Crippen MR) is 94.1 cm³/mol. The molecule has 1 N–H and O–H groups in total. The minimum absolute atomic E-state index is 0.0672. The summed E-state index contributed by atoms with van der Waals surface area (Å²) >= 11 is 0. The molecular weight excluding hydrogens is 326 g/mol. The summed E-state index contributed by atoms with van der Waals surface area (Å²) in [4.78, 5) is 18.3. The Balaban J connectivity index is 1.75. The van der Waals surface area contributed by atoms with Gasteiger partial charge in [0, 0.05) is 30.7 Å². The Morgan fingerprint density at radius 1 is 1.25 bits per heavy atom. The molecule has 0 radical (unpaired) electrons. The van der Waals surface area contributed by atoms with E-state index in [2.05, 4.69) is 10.3 Å². The number of carbonyl (C=O) groups excluding carboxylic acids is 1. The quantitative estimate of drug-likeness (QED) is 0.916. The van der Waals surface area contributed by atoms with Gasteiger partial charge in [0.2, 0.25) is 0 Å². The van der Waals surface area contributed by atoms with E-state index in [0.717, 1.165) is 5.69 Å². The summed E-state index contributed by atoms with van der Waals surface area (Å²) in [7, 11) is -1.11. The normalized spacial score (nSPS) is 19.0. The third-order valence-electron chi connectivity index (χ3n) is 4.17. The minimum Gasteiger partial charge on any atom is -0.370 e. The van der Waals surface area contributed by atoms with E-state index in [-0.39, 0.29) is 23.5 Å². The number of benzene rings is 1. The Morgan fingerprint density at radius 2 is 2.00 bits per heavy atom. The highest BCUT2D eigenvalue weighted by molar-refractivity contribution is 7.91. The highest BCUT2D eigenvalue weighted by atomic mass is 32.2. The van der Waals surface area contributed by atoms with Gasteiger partial charge in [-0.2, -0.15) is 0 Å². The number of para-hydroxylation sites is 1. The van der Waals surface area contributed by atoms with Crippen LogP contribution in [0.5, 0.6) is 0 Å². The maximum absolute atomic E-state index is 12.3. The van der Waals surface area contributed by atoms with Crippen molar-refractivity contribution < 1.29 is 13.2 Å². The highest BCUT2D eigenvalue weighted by Gasteiger charge is 2.31. The monoisotopic (exact) mass is 345 g/mol. The predicted octanol–water partition coefficient (Wildman–Crippen LogP) is 1.96. The largest absolute Gasteiger partial charge is 0.370 e. The van der Waals surface area contributed by atoms with Crippen LogP contribution in [0.4, 0.5) is 11.4 Å². The van der Waals surface area contributed by atoms with Crippen LogP contribution in [0.15, 0.2) is 48.7 Å². The Kier molecular flexibility index (Phi) is 4.53. The number of nitrogens with zero attached hydrogens (tertiary/aromatic N) is 2. The summed E-state index contributed by atoms with van der Waals surface area (Å²) in [6, 6.07) is 12.6. The molecule has 7 heteroatoms. The Bertz CT molecular complexity index is 837. The molecule has 1 aromatic carbocycles. The number of nitrogens with one attached hydrogen (secondary N) is 1. The molecule has 1 saturated heterocycles. The third-order valence-corrected chi connectivity index (χ3v) is 5.92. The van der Waals surface area contributed by atoms with E-state index in [0.29, 0.717) is 17.8 Å². The summed E-state index contributed by atoms with van der Waals surface area (Å²) in [5.41, 5.74) is 1.78. The minimum atomic E-state index is -2.95. The molecule has 6 nitrogen and oxygen atoms in total. The van der Waals surface area contributed by atoms with E-state index in [1.54, 1.807) is 30.5 Å². The number of hydrogen-bond acceptors (Lipinski definition) is 5. The van der Waals surface area contributed by atoms with Crippen molar-refractivity contribution in [1.82, 2.24) is 4.98 Å². The van der Waals surface area contributed by atoms with Gasteiger partial charge in [0.1, 0.15) is 5.69 Å². The first kappa shape index (κ1) is 16.4. The van der Waals surface area contributed by atoms with Gasteiger partial charge in [-0.25, -0.2) is 8.42 Å². The standard InChI is InChI=1S/C17H19N3O3S/c1-20(15-8-10-24(22,23)12-15)14-7-9-18-16(11-14)17(21)19-13-5-3-2-4-6-13/h2-7,9,11,15H,8,10,12H2,1H3,(H,19,21). The highest BCUT2D eigenvalue weighted by Crippen LogP contribution is 2.23. The van der Waals surface area contributed by atoms with Crippen LogP contribution >= 0.6 is 0 Å². The molecule has 24 heavy (non-hydrogen) atoms. The molecule has 0 aliphatic carbocycles. The lowest BCUT2D eigenvalue weighted by Gasteiger charge is -2.25. The zero-order valence-electron chi connectivity index (χ0n) is 13.3. The number of carbonyl (C=O) groups is 1. The summed E-state index contributed by atoms with van der Waals surface area (Å²) in [6.07, 6.45) is 2.17. The first-order valence-electron chi connectivity index (χ1n) is 7.70. The van der Waals surface area contributed by atoms with Crippen LogP contribution in [0.25, 0.3) is 0 Å². The molecule has 1 amide bonds. The fourth-order valence-electron chi connectivity index (χ4n) is 2.77. The van der Waals surface area contributed by atoms with Crippen LogP contribution < -0.4 is 10.2 Å². The van der Waals surface area contributed by atoms with Gasteiger partial charge in [0.15, 0.2) is 9.84 Å². The van der Waals surface area contributed by atoms with E-state index < -0.39 is 9.84 Å². The number of sulfone groups is 1. The molecule has 1 unspecified atom stereocenters. The van der Waals surface area contributed by atoms with Gasteiger partial charge in [0.05, 0.1) is 11.5 Å². The number of hydrogen-bond donors (Lipinski definition) is 1. The summed E-state index contributed by atoms with van der Waals surface area (Å²) in [6.45, 7) is 0. The Morgan fingerprint density at radius 3 is 2.67 bits per heavy atom. The van der Waals surface area contributed by atoms with E-state index in [1.807, 2.05) is 30.1 Å². The molecule has 0 spiro atoms. The van der Waals surface area contributed by atoms with Gasteiger partial charge < -0.3 is 10.2 Å². The van der Waals surface area contributed by atoms with E-state index >= 15 is 0 Å². The van der Waals surface area contributed by atoms with Crippen LogP contribution in [0.2, 0.25) is 0 Å². The van der Waals surface area contributed by atoms with Gasteiger partial charge in [-0.05, 0) is 30.7 Å². The van der Waals surface area contributed by atoms with Gasteiger partial charge >= 0.3 is 0 Å². The smallest absolute Gasteiger partial charge is 0.274 e. The molecule has 1 atom stereocenters. The van der Waals surface area contributed by atoms with Crippen LogP contribution in [-0.2, 0) is 9.84 Å². The summed E-state index contributed by atoms with van der Waals surface area (Å²) in [5.74, 6) is 0.0710. The first-order valence-corrected chi connectivity index (χ1v) is 9.52. The molecule has 1 fully saturated rings. The third kappa shape index (κ3) is 3.73.